The standard InChI is InChI=1S/C14H15ClFN3O/c15-10-2-1-9-13(12(10)16)20-18-14(9)17-11-7-19-5-3-8(11)4-6-19/h1-2,8,11H,3-7H2,(H,17,18)/t11-/m0/s1. The SMILES string of the molecule is Fc1c(Cl)ccc2c(N[C@H]3CN4CCC3CC4)noc12. The summed E-state index contributed by atoms with van der Waals surface area (Å²) in [6.07, 6.45) is 2.43. The molecule has 1 atom stereocenters. The van der Waals surface area contributed by atoms with E-state index in [1.807, 2.05) is 0 Å². The molecule has 0 radical (unpaired) electrons. The van der Waals surface area contributed by atoms with Crippen molar-refractivity contribution in [2.24, 2.45) is 5.92 Å². The average Bonchev–Trinajstić information content (AvgIpc) is 2.88. The van der Waals surface area contributed by atoms with Gasteiger partial charge in [-0.25, -0.2) is 4.39 Å². The molecule has 3 fully saturated rings. The number of piperidine rings is 3. The van der Waals surface area contributed by atoms with Crippen molar-refractivity contribution in [3.8, 4) is 0 Å². The first kappa shape index (κ1) is 12.4. The van der Waals surface area contributed by atoms with Gasteiger partial charge in [0.1, 0.15) is 0 Å². The monoisotopic (exact) mass is 295 g/mol. The van der Waals surface area contributed by atoms with Gasteiger partial charge in [0.05, 0.1) is 10.4 Å². The lowest BCUT2D eigenvalue weighted by Gasteiger charge is -2.44. The summed E-state index contributed by atoms with van der Waals surface area (Å²) < 4.78 is 18.9. The quantitative estimate of drug-likeness (QED) is 0.924. The zero-order valence-corrected chi connectivity index (χ0v) is 11.7. The molecule has 4 nitrogen and oxygen atoms in total. The summed E-state index contributed by atoms with van der Waals surface area (Å²) in [4.78, 5) is 2.46. The highest BCUT2D eigenvalue weighted by Gasteiger charge is 2.34. The molecule has 20 heavy (non-hydrogen) atoms. The molecule has 106 valence electrons. The predicted octanol–water partition coefficient (Wildman–Crippen LogP) is 3.13. The Bertz CT molecular complexity index is 651. The lowest BCUT2D eigenvalue weighted by Crippen LogP contribution is -2.53. The zero-order valence-electron chi connectivity index (χ0n) is 10.9. The summed E-state index contributed by atoms with van der Waals surface area (Å²) in [5.41, 5.74) is 0.126. The average molecular weight is 296 g/mol. The van der Waals surface area contributed by atoms with Crippen LogP contribution < -0.4 is 5.32 Å². The van der Waals surface area contributed by atoms with Gasteiger partial charge in [-0.3, -0.25) is 0 Å². The summed E-state index contributed by atoms with van der Waals surface area (Å²) in [5, 5.41) is 8.11. The number of rotatable bonds is 2. The summed E-state index contributed by atoms with van der Waals surface area (Å²) in [7, 11) is 0. The second-order valence-corrected chi connectivity index (χ2v) is 6.07. The molecular formula is C14H15ClFN3O. The lowest BCUT2D eigenvalue weighted by atomic mass is 9.84. The van der Waals surface area contributed by atoms with Crippen molar-refractivity contribution in [3.63, 3.8) is 0 Å². The van der Waals surface area contributed by atoms with Gasteiger partial charge in [0.2, 0.25) is 5.58 Å². The molecule has 3 aliphatic rings. The second kappa shape index (κ2) is 4.60. The van der Waals surface area contributed by atoms with Crippen LogP contribution in [0.3, 0.4) is 0 Å². The molecule has 2 bridgehead atoms. The molecule has 3 aliphatic heterocycles. The molecule has 1 aromatic heterocycles. The fraction of sp³-hybridized carbons (Fsp3) is 0.500. The molecule has 1 aromatic carbocycles. The molecule has 5 rings (SSSR count). The fourth-order valence-electron chi connectivity index (χ4n) is 3.36. The Hall–Kier alpha value is -1.33. The van der Waals surface area contributed by atoms with Crippen LogP contribution in [0.5, 0.6) is 0 Å². The van der Waals surface area contributed by atoms with Crippen LogP contribution in [0, 0.1) is 11.7 Å². The van der Waals surface area contributed by atoms with Gasteiger partial charge in [0, 0.05) is 12.6 Å². The molecule has 0 unspecified atom stereocenters. The van der Waals surface area contributed by atoms with E-state index < -0.39 is 5.82 Å². The van der Waals surface area contributed by atoms with Crippen molar-refractivity contribution in [1.29, 1.82) is 0 Å². The minimum atomic E-state index is -0.543. The molecule has 0 amide bonds. The van der Waals surface area contributed by atoms with Crippen LogP contribution in [0.1, 0.15) is 12.8 Å². The van der Waals surface area contributed by atoms with E-state index >= 15 is 0 Å². The number of benzene rings is 1. The van der Waals surface area contributed by atoms with Gasteiger partial charge in [0.25, 0.3) is 0 Å². The van der Waals surface area contributed by atoms with E-state index in [9.17, 15) is 4.39 Å². The minimum absolute atomic E-state index is 0.0584. The topological polar surface area (TPSA) is 41.3 Å². The van der Waals surface area contributed by atoms with E-state index in [-0.39, 0.29) is 10.6 Å². The third-order valence-corrected chi connectivity index (χ3v) is 4.80. The number of fused-ring (bicyclic) bond motifs is 4. The molecule has 2 aromatic rings. The first-order chi connectivity index (χ1) is 9.72. The van der Waals surface area contributed by atoms with Crippen LogP contribution >= 0.6 is 11.6 Å². The van der Waals surface area contributed by atoms with Crippen molar-refractivity contribution in [3.05, 3.63) is 23.0 Å². The fourth-order valence-corrected chi connectivity index (χ4v) is 3.51. The van der Waals surface area contributed by atoms with Crippen LogP contribution in [-0.4, -0.2) is 35.7 Å². The Morgan fingerprint density at radius 2 is 2.15 bits per heavy atom. The number of hydrogen-bond donors (Lipinski definition) is 1. The highest BCUT2D eigenvalue weighted by molar-refractivity contribution is 6.31. The predicted molar refractivity (Wildman–Crippen MR) is 75.6 cm³/mol. The maximum Gasteiger partial charge on any atom is 0.206 e. The number of nitrogens with zero attached hydrogens (tertiary/aromatic N) is 2. The largest absolute Gasteiger partial charge is 0.362 e. The summed E-state index contributed by atoms with van der Waals surface area (Å²) in [6.45, 7) is 3.40. The van der Waals surface area contributed by atoms with Crippen LogP contribution in [0.4, 0.5) is 10.2 Å². The first-order valence-electron chi connectivity index (χ1n) is 6.94. The van der Waals surface area contributed by atoms with E-state index in [0.717, 1.165) is 6.54 Å². The molecule has 0 aliphatic carbocycles. The molecular weight excluding hydrogens is 281 g/mol. The zero-order chi connectivity index (χ0) is 13.7. The van der Waals surface area contributed by atoms with Gasteiger partial charge in [-0.15, -0.1) is 0 Å². The number of nitrogens with one attached hydrogen (secondary N) is 1. The summed E-state index contributed by atoms with van der Waals surface area (Å²) in [5.74, 6) is 0.747. The number of aromatic nitrogens is 1. The Morgan fingerprint density at radius 1 is 1.35 bits per heavy atom. The Morgan fingerprint density at radius 3 is 2.85 bits per heavy atom. The molecule has 1 N–H and O–H groups in total. The summed E-state index contributed by atoms with van der Waals surface area (Å²) >= 11 is 5.75. The maximum atomic E-state index is 13.8. The minimum Gasteiger partial charge on any atom is -0.362 e. The van der Waals surface area contributed by atoms with Crippen LogP contribution in [-0.2, 0) is 0 Å². The smallest absolute Gasteiger partial charge is 0.206 e. The molecule has 6 heteroatoms. The van der Waals surface area contributed by atoms with E-state index in [4.69, 9.17) is 16.1 Å². The van der Waals surface area contributed by atoms with Crippen molar-refractivity contribution in [2.45, 2.75) is 18.9 Å². The third-order valence-electron chi connectivity index (χ3n) is 4.51. The third kappa shape index (κ3) is 1.88. The van der Waals surface area contributed by atoms with Crippen LogP contribution in [0.25, 0.3) is 11.0 Å². The lowest BCUT2D eigenvalue weighted by molar-refractivity contribution is 0.0973. The highest BCUT2D eigenvalue weighted by Crippen LogP contribution is 2.33. The van der Waals surface area contributed by atoms with Gasteiger partial charge in [-0.2, -0.15) is 0 Å². The van der Waals surface area contributed by atoms with Gasteiger partial charge in [0.15, 0.2) is 11.6 Å². The van der Waals surface area contributed by atoms with Crippen molar-refractivity contribution < 1.29 is 8.91 Å². The molecule has 0 spiro atoms. The first-order valence-corrected chi connectivity index (χ1v) is 7.32. The van der Waals surface area contributed by atoms with E-state index in [0.29, 0.717) is 23.2 Å². The molecule has 0 saturated carbocycles. The molecule has 4 heterocycles. The van der Waals surface area contributed by atoms with Crippen molar-refractivity contribution in [2.75, 3.05) is 25.0 Å². The summed E-state index contributed by atoms with van der Waals surface area (Å²) in [6, 6.07) is 3.66. The van der Waals surface area contributed by atoms with Gasteiger partial charge >= 0.3 is 0 Å². The van der Waals surface area contributed by atoms with Crippen molar-refractivity contribution >= 4 is 28.4 Å². The second-order valence-electron chi connectivity index (χ2n) is 5.66. The van der Waals surface area contributed by atoms with Crippen molar-refractivity contribution in [1.82, 2.24) is 10.1 Å². The Labute approximate surface area is 120 Å². The number of hydrogen-bond acceptors (Lipinski definition) is 4. The number of anilines is 1. The van der Waals surface area contributed by atoms with E-state index in [2.05, 4.69) is 15.4 Å². The Balaban J connectivity index is 1.65. The van der Waals surface area contributed by atoms with Gasteiger partial charge < -0.3 is 14.7 Å². The van der Waals surface area contributed by atoms with Gasteiger partial charge in [-0.05, 0) is 44.0 Å². The van der Waals surface area contributed by atoms with Crippen LogP contribution in [0.15, 0.2) is 16.7 Å². The maximum absolute atomic E-state index is 13.8. The highest BCUT2D eigenvalue weighted by atomic mass is 35.5. The van der Waals surface area contributed by atoms with E-state index in [1.165, 1.54) is 32.0 Å². The van der Waals surface area contributed by atoms with Gasteiger partial charge in [-0.1, -0.05) is 16.8 Å². The van der Waals surface area contributed by atoms with Crippen LogP contribution in [0.2, 0.25) is 5.02 Å². The van der Waals surface area contributed by atoms with E-state index in [1.54, 1.807) is 6.07 Å². The molecule has 3 saturated heterocycles. The number of halogens is 2. The normalized spacial score (nSPS) is 29.0. The Kier molecular flexibility index (Phi) is 2.86.